The molecule has 7 heteroatoms. The molecule has 0 N–H and O–H groups in total. The van der Waals surface area contributed by atoms with Crippen molar-refractivity contribution in [2.75, 3.05) is 6.61 Å². The quantitative estimate of drug-likeness (QED) is 0.595. The van der Waals surface area contributed by atoms with Gasteiger partial charge < -0.3 is 18.6 Å². The van der Waals surface area contributed by atoms with E-state index in [4.69, 9.17) is 16.8 Å². The highest BCUT2D eigenvalue weighted by Crippen LogP contribution is 2.36. The number of hydrogen-bond acceptors (Lipinski definition) is 4. The van der Waals surface area contributed by atoms with Gasteiger partial charge in [0.05, 0.1) is 24.5 Å². The maximum absolute atomic E-state index is 8.30. The van der Waals surface area contributed by atoms with Crippen LogP contribution in [0.4, 0.5) is 0 Å². The molecule has 0 spiro atoms. The largest absolute Gasteiger partial charge is 0.516 e. The summed E-state index contributed by atoms with van der Waals surface area (Å²) >= 11 is 0. The molecule has 0 radical (unpaired) electrons. The second kappa shape index (κ2) is 6.11. The second-order valence-corrected chi connectivity index (χ2v) is 13.7. The van der Waals surface area contributed by atoms with E-state index in [0.717, 1.165) is 6.04 Å². The van der Waals surface area contributed by atoms with Crippen LogP contribution in [0.25, 0.3) is 0 Å². The van der Waals surface area contributed by atoms with Crippen LogP contribution in [0.5, 0.6) is 0 Å². The van der Waals surface area contributed by atoms with Crippen molar-refractivity contribution in [3.05, 3.63) is 12.5 Å². The highest BCUT2D eigenvalue weighted by Gasteiger charge is 2.52. The standard InChI is InChI=1S/C15H29BN2O3Si/c1-14(2)15(3,4)21-16(20-14)13-10-18(11-17-13)12-19-8-9-22(5,6)7/h10-11H,8-9,12H2,1-7H3/i10D,11D. The van der Waals surface area contributed by atoms with Gasteiger partial charge in [0, 0.05) is 20.9 Å². The Kier molecular flexibility index (Phi) is 4.15. The molecule has 0 amide bonds. The number of ether oxygens (including phenoxy) is 1. The average Bonchev–Trinajstić information content (AvgIpc) is 2.79. The van der Waals surface area contributed by atoms with Gasteiger partial charge in [-0.25, -0.2) is 4.98 Å². The van der Waals surface area contributed by atoms with Crippen molar-refractivity contribution >= 4 is 20.8 Å². The van der Waals surface area contributed by atoms with Crippen molar-refractivity contribution in [2.45, 2.75) is 71.3 Å². The van der Waals surface area contributed by atoms with Crippen molar-refractivity contribution in [1.29, 1.82) is 0 Å². The molecular weight excluding hydrogens is 295 g/mol. The minimum Gasteiger partial charge on any atom is -0.398 e. The molecule has 1 aromatic rings. The number of aromatic nitrogens is 2. The van der Waals surface area contributed by atoms with Gasteiger partial charge in [0.1, 0.15) is 8.10 Å². The number of imidazole rings is 1. The monoisotopic (exact) mass is 326 g/mol. The van der Waals surface area contributed by atoms with E-state index in [0.29, 0.717) is 12.2 Å². The molecule has 0 unspecified atom stereocenters. The van der Waals surface area contributed by atoms with E-state index in [-0.39, 0.29) is 19.2 Å². The summed E-state index contributed by atoms with van der Waals surface area (Å²) in [4.78, 5) is 4.17. The van der Waals surface area contributed by atoms with E-state index in [1.54, 1.807) is 0 Å². The zero-order valence-electron chi connectivity index (χ0n) is 16.8. The van der Waals surface area contributed by atoms with Crippen LogP contribution in [0, 0.1) is 0 Å². The molecule has 2 heterocycles. The first-order chi connectivity index (χ1) is 10.8. The highest BCUT2D eigenvalue weighted by atomic mass is 28.3. The molecule has 1 aliphatic heterocycles. The van der Waals surface area contributed by atoms with Gasteiger partial charge in [-0.2, -0.15) is 0 Å². The minimum absolute atomic E-state index is 0.00211. The third-order valence-corrected chi connectivity index (χ3v) is 5.94. The number of rotatable bonds is 6. The summed E-state index contributed by atoms with van der Waals surface area (Å²) in [5.41, 5.74) is -0.652. The van der Waals surface area contributed by atoms with Crippen molar-refractivity contribution < 1.29 is 16.8 Å². The van der Waals surface area contributed by atoms with Gasteiger partial charge in [0.25, 0.3) is 0 Å². The van der Waals surface area contributed by atoms with Gasteiger partial charge in [0.2, 0.25) is 0 Å². The Labute approximate surface area is 138 Å². The molecule has 1 saturated heterocycles. The van der Waals surface area contributed by atoms with Gasteiger partial charge in [-0.3, -0.25) is 0 Å². The second-order valence-electron chi connectivity index (χ2n) is 8.07. The molecule has 1 aliphatic rings. The fourth-order valence-corrected chi connectivity index (χ4v) is 2.71. The SMILES string of the molecule is [2H]c1nc(B2OC(C)(C)C(C)(C)O2)c([2H])n1COCC[Si](C)(C)C. The Hall–Kier alpha value is -0.628. The topological polar surface area (TPSA) is 45.5 Å². The van der Waals surface area contributed by atoms with Crippen molar-refractivity contribution in [1.82, 2.24) is 9.55 Å². The maximum atomic E-state index is 8.30. The van der Waals surface area contributed by atoms with Gasteiger partial charge in [-0.05, 0) is 33.7 Å². The smallest absolute Gasteiger partial charge is 0.398 e. The molecule has 124 valence electrons. The van der Waals surface area contributed by atoms with Crippen molar-refractivity contribution in [2.24, 2.45) is 0 Å². The van der Waals surface area contributed by atoms with Crippen LogP contribution in [0.15, 0.2) is 12.5 Å². The van der Waals surface area contributed by atoms with Gasteiger partial charge >= 0.3 is 7.12 Å². The molecule has 2 rings (SSSR count). The summed E-state index contributed by atoms with van der Waals surface area (Å²) in [6, 6.07) is 1.05. The van der Waals surface area contributed by atoms with Crippen LogP contribution in [0.1, 0.15) is 30.4 Å². The van der Waals surface area contributed by atoms with Crippen LogP contribution >= 0.6 is 0 Å². The molecule has 0 atom stereocenters. The molecule has 0 saturated carbocycles. The third kappa shape index (κ3) is 4.22. The summed E-state index contributed by atoms with van der Waals surface area (Å²) in [5.74, 6) is 0. The first-order valence-electron chi connectivity index (χ1n) is 8.81. The van der Waals surface area contributed by atoms with E-state index in [1.807, 2.05) is 27.7 Å². The zero-order valence-corrected chi connectivity index (χ0v) is 15.8. The fourth-order valence-electron chi connectivity index (χ4n) is 1.96. The molecular formula is C15H29BN2O3Si. The predicted octanol–water partition coefficient (Wildman–Crippen LogP) is 2.49. The summed E-state index contributed by atoms with van der Waals surface area (Å²) in [7, 11) is -1.88. The van der Waals surface area contributed by atoms with Crippen LogP contribution in [-0.2, 0) is 20.8 Å². The van der Waals surface area contributed by atoms with E-state index < -0.39 is 26.4 Å². The lowest BCUT2D eigenvalue weighted by molar-refractivity contribution is 0.00578. The summed E-state index contributed by atoms with van der Waals surface area (Å²) in [6.07, 6.45) is 0.115. The van der Waals surface area contributed by atoms with Crippen LogP contribution in [-0.4, -0.2) is 42.6 Å². The Bertz CT molecular complexity index is 586. The number of nitrogens with zero attached hydrogens (tertiary/aromatic N) is 2. The molecule has 22 heavy (non-hydrogen) atoms. The first kappa shape index (κ1) is 14.9. The van der Waals surface area contributed by atoms with Crippen LogP contribution < -0.4 is 5.59 Å². The van der Waals surface area contributed by atoms with E-state index >= 15 is 0 Å². The summed E-state index contributed by atoms with van der Waals surface area (Å²) < 4.78 is 35.3. The molecule has 1 fully saturated rings. The predicted molar refractivity (Wildman–Crippen MR) is 92.0 cm³/mol. The van der Waals surface area contributed by atoms with Crippen molar-refractivity contribution in [3.63, 3.8) is 0 Å². The normalized spacial score (nSPS) is 21.9. The van der Waals surface area contributed by atoms with Gasteiger partial charge in [-0.1, -0.05) is 19.6 Å². The summed E-state index contributed by atoms with van der Waals surface area (Å²) in [6.45, 7) is 15.5. The lowest BCUT2D eigenvalue weighted by Gasteiger charge is -2.32. The lowest BCUT2D eigenvalue weighted by atomic mass is 9.86. The van der Waals surface area contributed by atoms with E-state index in [2.05, 4.69) is 24.6 Å². The van der Waals surface area contributed by atoms with E-state index in [1.165, 1.54) is 4.57 Å². The molecule has 0 aliphatic carbocycles. The van der Waals surface area contributed by atoms with Crippen LogP contribution in [0.3, 0.4) is 0 Å². The fraction of sp³-hybridized carbons (Fsp3) is 0.800. The highest BCUT2D eigenvalue weighted by molar-refractivity contribution is 6.76. The third-order valence-electron chi connectivity index (χ3n) is 4.23. The first-order valence-corrected chi connectivity index (χ1v) is 11.5. The maximum Gasteiger partial charge on any atom is 0.516 e. The van der Waals surface area contributed by atoms with Gasteiger partial charge in [0.15, 0.2) is 0 Å². The summed E-state index contributed by atoms with van der Waals surface area (Å²) in [5, 5.41) is 0. The number of hydrogen-bond donors (Lipinski definition) is 0. The molecule has 0 aromatic carbocycles. The minimum atomic E-state index is -1.15. The average molecular weight is 326 g/mol. The van der Waals surface area contributed by atoms with Crippen molar-refractivity contribution in [3.8, 4) is 0 Å². The van der Waals surface area contributed by atoms with Crippen LogP contribution in [0.2, 0.25) is 25.7 Å². The van der Waals surface area contributed by atoms with E-state index in [9.17, 15) is 0 Å². The Morgan fingerprint density at radius 2 is 1.86 bits per heavy atom. The molecule has 5 nitrogen and oxygen atoms in total. The zero-order chi connectivity index (χ0) is 18.3. The Balaban J connectivity index is 2.07. The molecule has 1 aromatic heterocycles. The lowest BCUT2D eigenvalue weighted by Crippen LogP contribution is -2.41. The Morgan fingerprint density at radius 1 is 1.27 bits per heavy atom. The van der Waals surface area contributed by atoms with Gasteiger partial charge in [-0.15, -0.1) is 0 Å². The molecule has 0 bridgehead atoms. The Morgan fingerprint density at radius 3 is 2.41 bits per heavy atom.